The maximum absolute atomic E-state index is 16.2. The van der Waals surface area contributed by atoms with Crippen molar-refractivity contribution < 1.29 is 37.0 Å². The van der Waals surface area contributed by atoms with E-state index in [1.165, 1.54) is 24.9 Å². The predicted octanol–water partition coefficient (Wildman–Crippen LogP) is 3.74. The van der Waals surface area contributed by atoms with Crippen LogP contribution in [0.1, 0.15) is 39.7 Å². The molecule has 41 heavy (non-hydrogen) atoms. The first-order valence-electron chi connectivity index (χ1n) is 13.1. The molecule has 0 aliphatic carbocycles. The number of aryl methyl sites for hydroxylation is 1. The topological polar surface area (TPSA) is 162 Å². The van der Waals surface area contributed by atoms with Crippen molar-refractivity contribution in [1.29, 1.82) is 0 Å². The Morgan fingerprint density at radius 2 is 1.98 bits per heavy atom. The number of carbonyl (C=O) groups is 1. The summed E-state index contributed by atoms with van der Waals surface area (Å²) in [4.78, 5) is 25.2. The average Bonchev–Trinajstić information content (AvgIpc) is 3.42. The van der Waals surface area contributed by atoms with E-state index in [0.717, 1.165) is 0 Å². The summed E-state index contributed by atoms with van der Waals surface area (Å²) in [6.07, 6.45) is -2.76. The van der Waals surface area contributed by atoms with Gasteiger partial charge in [0, 0.05) is 7.11 Å². The monoisotopic (exact) mass is 594 g/mol. The van der Waals surface area contributed by atoms with Gasteiger partial charge in [-0.3, -0.25) is 13.9 Å². The molecule has 15 heteroatoms. The maximum Gasteiger partial charge on any atom is 0.459 e. The van der Waals surface area contributed by atoms with Crippen LogP contribution in [0.4, 0.5) is 10.2 Å². The highest BCUT2D eigenvalue weighted by molar-refractivity contribution is 7.52. The Morgan fingerprint density at radius 3 is 2.63 bits per heavy atom. The van der Waals surface area contributed by atoms with Gasteiger partial charge in [0.2, 0.25) is 0 Å². The number of rotatable bonds is 12. The number of esters is 1. The fourth-order valence-electron chi connectivity index (χ4n) is 4.55. The zero-order chi connectivity index (χ0) is 29.9. The van der Waals surface area contributed by atoms with Crippen LogP contribution in [0.2, 0.25) is 0 Å². The zero-order valence-corrected chi connectivity index (χ0v) is 24.7. The number of hydrogen-bond donors (Lipinski definition) is 2. The number of aromatic nitrogens is 4. The molecule has 224 valence electrons. The van der Waals surface area contributed by atoms with Gasteiger partial charge in [-0.05, 0) is 39.8 Å². The fourth-order valence-corrected chi connectivity index (χ4v) is 6.04. The normalized spacial score (nSPS) is 24.8. The molecule has 1 aliphatic rings. The van der Waals surface area contributed by atoms with E-state index in [0.29, 0.717) is 17.0 Å². The van der Waals surface area contributed by atoms with E-state index in [-0.39, 0.29) is 30.9 Å². The van der Waals surface area contributed by atoms with Crippen LogP contribution in [0.3, 0.4) is 0 Å². The number of ether oxygens (including phenoxy) is 3. The fraction of sp³-hybridized carbons (Fsp3) is 0.538. The third-order valence-electron chi connectivity index (χ3n) is 6.63. The summed E-state index contributed by atoms with van der Waals surface area (Å²) in [5.74, 6) is 0.141. The number of fused-ring (bicyclic) bond motifs is 1. The maximum atomic E-state index is 16.2. The summed E-state index contributed by atoms with van der Waals surface area (Å²) < 4.78 is 59.9. The molecule has 0 spiro atoms. The Hall–Kier alpha value is -3.16. The van der Waals surface area contributed by atoms with Crippen molar-refractivity contribution in [3.05, 3.63) is 42.5 Å². The number of para-hydroxylation sites is 1. The smallest absolute Gasteiger partial charge is 0.459 e. The number of benzene rings is 1. The molecular weight excluding hydrogens is 558 g/mol. The largest absolute Gasteiger partial charge is 0.462 e. The first-order valence-corrected chi connectivity index (χ1v) is 14.6. The van der Waals surface area contributed by atoms with Crippen molar-refractivity contribution in [3.8, 4) is 5.75 Å². The Kier molecular flexibility index (Phi) is 9.29. The van der Waals surface area contributed by atoms with Gasteiger partial charge in [0.05, 0.1) is 37.2 Å². The van der Waals surface area contributed by atoms with E-state index in [1.54, 1.807) is 58.0 Å². The summed E-state index contributed by atoms with van der Waals surface area (Å²) in [6, 6.07) is 7.27. The van der Waals surface area contributed by atoms with E-state index in [2.05, 4.69) is 20.0 Å². The number of nitrogens with zero attached hydrogens (tertiary/aromatic N) is 4. The molecule has 6 atom stereocenters. The van der Waals surface area contributed by atoms with E-state index in [9.17, 15) is 9.36 Å². The van der Waals surface area contributed by atoms with E-state index >= 15 is 4.39 Å². The van der Waals surface area contributed by atoms with Crippen LogP contribution in [0.5, 0.6) is 5.75 Å². The number of hydrogen-bond acceptors (Lipinski definition) is 11. The minimum atomic E-state index is -4.22. The second-order valence-corrected chi connectivity index (χ2v) is 12.1. The van der Waals surface area contributed by atoms with Gasteiger partial charge in [0.25, 0.3) is 0 Å². The molecule has 13 nitrogen and oxygen atoms in total. The molecule has 0 amide bonds. The standard InChI is InChI=1S/C26H36FN6O7P/c1-15(2)38-25(34)16(3)32-41(35,40-18-10-8-7-9-11-18)37-12-19-26(5,13-36-6)21(27)24(39-19)33-14-29-20-22(28)30-17(4)31-23(20)33/h7-11,14-16,19,21,24H,12-13H2,1-6H3,(H,32,35)(H2,28,30,31)/t16-,19+,21?,24+,26?,41?/m0/s1. The first-order chi connectivity index (χ1) is 19.4. The number of nitrogens with one attached hydrogen (secondary N) is 1. The number of imidazole rings is 1. The summed E-state index contributed by atoms with van der Waals surface area (Å²) in [7, 11) is -2.78. The van der Waals surface area contributed by atoms with Gasteiger partial charge >= 0.3 is 13.7 Å². The quantitative estimate of drug-likeness (QED) is 0.231. The lowest BCUT2D eigenvalue weighted by atomic mass is 9.82. The number of alkyl halides is 1. The van der Waals surface area contributed by atoms with E-state index < -0.39 is 43.7 Å². The minimum absolute atomic E-state index is 0.0458. The van der Waals surface area contributed by atoms with Crippen LogP contribution in [-0.2, 0) is 28.1 Å². The molecular formula is C26H36FN6O7P. The molecule has 2 aromatic heterocycles. The molecule has 0 saturated carbocycles. The lowest BCUT2D eigenvalue weighted by Crippen LogP contribution is -2.42. The summed E-state index contributed by atoms with van der Waals surface area (Å²) in [5, 5.41) is 2.63. The highest BCUT2D eigenvalue weighted by Gasteiger charge is 2.56. The van der Waals surface area contributed by atoms with Crippen LogP contribution in [0.25, 0.3) is 11.2 Å². The number of methoxy groups -OCH3 is 1. The second-order valence-electron chi connectivity index (χ2n) is 10.4. The van der Waals surface area contributed by atoms with Crippen molar-refractivity contribution in [2.24, 2.45) is 5.41 Å². The van der Waals surface area contributed by atoms with Gasteiger partial charge in [-0.1, -0.05) is 25.1 Å². The molecule has 0 bridgehead atoms. The Balaban J connectivity index is 1.61. The van der Waals surface area contributed by atoms with Gasteiger partial charge in [-0.25, -0.2) is 23.9 Å². The number of nitrogen functional groups attached to an aromatic ring is 1. The van der Waals surface area contributed by atoms with Crippen LogP contribution < -0.4 is 15.3 Å². The van der Waals surface area contributed by atoms with E-state index in [1.807, 2.05) is 0 Å². The number of halogens is 1. The molecule has 3 aromatic rings. The van der Waals surface area contributed by atoms with Gasteiger partial charge in [0.1, 0.15) is 23.1 Å². The second kappa shape index (κ2) is 12.4. The van der Waals surface area contributed by atoms with Crippen LogP contribution >= 0.6 is 7.75 Å². The Morgan fingerprint density at radius 1 is 1.27 bits per heavy atom. The molecule has 1 saturated heterocycles. The lowest BCUT2D eigenvalue weighted by molar-refractivity contribution is -0.149. The third kappa shape index (κ3) is 6.68. The van der Waals surface area contributed by atoms with Crippen molar-refractivity contribution in [2.75, 3.05) is 26.1 Å². The predicted molar refractivity (Wildman–Crippen MR) is 148 cm³/mol. The number of anilines is 1. The van der Waals surface area contributed by atoms with Crippen molar-refractivity contribution in [2.45, 2.75) is 65.3 Å². The molecule has 0 radical (unpaired) electrons. The zero-order valence-electron chi connectivity index (χ0n) is 23.8. The van der Waals surface area contributed by atoms with Crippen LogP contribution in [-0.4, -0.2) is 70.2 Å². The molecule has 3 N–H and O–H groups in total. The lowest BCUT2D eigenvalue weighted by Gasteiger charge is -2.31. The van der Waals surface area contributed by atoms with Crippen molar-refractivity contribution in [1.82, 2.24) is 24.6 Å². The van der Waals surface area contributed by atoms with E-state index in [4.69, 9.17) is 29.0 Å². The molecule has 3 unspecified atom stereocenters. The number of carbonyl (C=O) groups excluding carboxylic acids is 1. The summed E-state index contributed by atoms with van der Waals surface area (Å²) in [5.41, 5.74) is 5.36. The number of nitrogens with two attached hydrogens (primary N) is 1. The third-order valence-corrected chi connectivity index (χ3v) is 8.27. The van der Waals surface area contributed by atoms with Gasteiger partial charge in [-0.15, -0.1) is 0 Å². The first kappa shape index (κ1) is 30.8. The molecule has 3 heterocycles. The Bertz CT molecular complexity index is 1410. The minimum Gasteiger partial charge on any atom is -0.462 e. The average molecular weight is 595 g/mol. The molecule has 4 rings (SSSR count). The van der Waals surface area contributed by atoms with Crippen LogP contribution in [0.15, 0.2) is 36.7 Å². The van der Waals surface area contributed by atoms with Crippen molar-refractivity contribution >= 4 is 30.7 Å². The summed E-state index contributed by atoms with van der Waals surface area (Å²) >= 11 is 0. The molecule has 1 fully saturated rings. The highest BCUT2D eigenvalue weighted by atomic mass is 31.2. The van der Waals surface area contributed by atoms with Crippen molar-refractivity contribution in [3.63, 3.8) is 0 Å². The molecule has 1 aliphatic heterocycles. The molecule has 1 aromatic carbocycles. The van der Waals surface area contributed by atoms with Crippen LogP contribution in [0, 0.1) is 12.3 Å². The Labute approximate surface area is 237 Å². The van der Waals surface area contributed by atoms with Gasteiger partial charge in [-0.2, -0.15) is 5.09 Å². The SMILES string of the molecule is COCC1(C)C(F)[C@H](n2cnc3c(N)nc(C)nc32)O[C@@H]1COP(=O)(N[C@@H](C)C(=O)OC(C)C)Oc1ccccc1. The van der Waals surface area contributed by atoms with Gasteiger partial charge in [0.15, 0.2) is 23.9 Å². The highest BCUT2D eigenvalue weighted by Crippen LogP contribution is 2.50. The summed E-state index contributed by atoms with van der Waals surface area (Å²) in [6.45, 7) is 7.76. The van der Waals surface area contributed by atoms with Gasteiger partial charge < -0.3 is 24.5 Å².